The van der Waals surface area contributed by atoms with Gasteiger partial charge in [0.15, 0.2) is 5.11 Å². The van der Waals surface area contributed by atoms with Crippen LogP contribution in [0.25, 0.3) is 5.69 Å². The summed E-state index contributed by atoms with van der Waals surface area (Å²) in [6, 6.07) is 18.8. The van der Waals surface area contributed by atoms with Gasteiger partial charge in [0, 0.05) is 35.8 Å². The number of rotatable bonds is 7. The van der Waals surface area contributed by atoms with Crippen molar-refractivity contribution in [3.8, 4) is 11.4 Å². The Morgan fingerprint density at radius 2 is 1.93 bits per heavy atom. The van der Waals surface area contributed by atoms with Crippen molar-refractivity contribution in [2.75, 3.05) is 17.3 Å². The molecule has 2 aromatic heterocycles. The van der Waals surface area contributed by atoms with E-state index in [2.05, 4.69) is 38.1 Å². The van der Waals surface area contributed by atoms with Crippen molar-refractivity contribution in [1.82, 2.24) is 14.9 Å². The number of amides is 1. The second-order valence-electron chi connectivity index (χ2n) is 9.52. The Balaban J connectivity index is 1.66. The minimum atomic E-state index is -0.249. The zero-order chi connectivity index (χ0) is 28.6. The lowest BCUT2D eigenvalue weighted by atomic mass is 9.96. The zero-order valence-electron chi connectivity index (χ0n) is 22.5. The van der Waals surface area contributed by atoms with Gasteiger partial charge in [0.05, 0.1) is 46.3 Å². The number of pyridine rings is 1. The molecule has 2 atom stereocenters. The number of aryl methyl sites for hydroxylation is 1. The molecule has 5 rings (SSSR count). The Bertz CT molecular complexity index is 1590. The van der Waals surface area contributed by atoms with Gasteiger partial charge in [-0.25, -0.2) is 0 Å². The van der Waals surface area contributed by atoms with Gasteiger partial charge in [0.25, 0.3) is 0 Å². The fourth-order valence-electron chi connectivity index (χ4n) is 5.24. The Hall–Kier alpha value is -3.59. The van der Waals surface area contributed by atoms with Crippen LogP contribution in [0.15, 0.2) is 66.9 Å². The van der Waals surface area contributed by atoms with E-state index in [1.54, 1.807) is 26.3 Å². The summed E-state index contributed by atoms with van der Waals surface area (Å²) >= 11 is 19.0. The second kappa shape index (κ2) is 11.5. The fraction of sp³-hybridized carbons (Fsp3) is 0.233. The van der Waals surface area contributed by atoms with Crippen LogP contribution in [0.4, 0.5) is 11.4 Å². The molecule has 0 aliphatic carbocycles. The second-order valence-corrected chi connectivity index (χ2v) is 10.7. The number of nitrogens with one attached hydrogen (secondary N) is 2. The van der Waals surface area contributed by atoms with Gasteiger partial charge in [-0.3, -0.25) is 9.78 Å². The van der Waals surface area contributed by atoms with Crippen LogP contribution in [0, 0.1) is 13.8 Å². The molecule has 0 unspecified atom stereocenters. The molecule has 206 valence electrons. The van der Waals surface area contributed by atoms with Crippen LogP contribution >= 0.6 is 35.4 Å². The molecule has 1 fully saturated rings. The molecule has 4 aromatic rings. The third-order valence-electron chi connectivity index (χ3n) is 7.12. The summed E-state index contributed by atoms with van der Waals surface area (Å²) in [6.45, 7) is 5.92. The predicted molar refractivity (Wildman–Crippen MR) is 165 cm³/mol. The number of carbonyl (C=O) groups is 1. The molecule has 1 aliphatic heterocycles. The smallest absolute Gasteiger partial charge is 0.224 e. The summed E-state index contributed by atoms with van der Waals surface area (Å²) in [5, 5.41) is 7.94. The number of nitrogens with zero attached hydrogens (tertiary/aromatic N) is 3. The van der Waals surface area contributed by atoms with Gasteiger partial charge in [0.2, 0.25) is 5.91 Å². The first kappa shape index (κ1) is 28.0. The molecule has 0 saturated carbocycles. The normalized spacial score (nSPS) is 16.6. The van der Waals surface area contributed by atoms with E-state index in [1.807, 2.05) is 55.5 Å². The van der Waals surface area contributed by atoms with E-state index in [0.29, 0.717) is 33.0 Å². The van der Waals surface area contributed by atoms with E-state index in [-0.39, 0.29) is 18.0 Å². The largest absolute Gasteiger partial charge is 0.494 e. The molecule has 1 amide bonds. The Morgan fingerprint density at radius 3 is 2.62 bits per heavy atom. The Morgan fingerprint density at radius 1 is 1.12 bits per heavy atom. The third-order valence-corrected chi connectivity index (χ3v) is 8.24. The average molecular weight is 595 g/mol. The molecule has 0 spiro atoms. The monoisotopic (exact) mass is 593 g/mol. The molecule has 3 heterocycles. The summed E-state index contributed by atoms with van der Waals surface area (Å²) in [6.07, 6.45) is 2.15. The molecule has 2 aromatic carbocycles. The van der Waals surface area contributed by atoms with E-state index in [9.17, 15) is 4.79 Å². The highest BCUT2D eigenvalue weighted by Crippen LogP contribution is 2.45. The summed E-state index contributed by atoms with van der Waals surface area (Å²) in [5.41, 5.74) is 6.15. The molecule has 2 N–H and O–H groups in total. The molecule has 40 heavy (non-hydrogen) atoms. The van der Waals surface area contributed by atoms with Crippen molar-refractivity contribution in [3.05, 3.63) is 99.6 Å². The van der Waals surface area contributed by atoms with Gasteiger partial charge >= 0.3 is 0 Å². The van der Waals surface area contributed by atoms with E-state index in [0.717, 1.165) is 34.0 Å². The maximum atomic E-state index is 12.1. The number of aromatic nitrogens is 2. The summed E-state index contributed by atoms with van der Waals surface area (Å²) in [5.74, 6) is 0.447. The van der Waals surface area contributed by atoms with Crippen molar-refractivity contribution >= 4 is 57.8 Å². The number of halogens is 2. The fourth-order valence-corrected chi connectivity index (χ4v) is 5.97. The molecule has 1 saturated heterocycles. The molecule has 0 bridgehead atoms. The lowest BCUT2D eigenvalue weighted by Gasteiger charge is -2.29. The first-order valence-corrected chi connectivity index (χ1v) is 14.0. The molecular formula is C30H29Cl2N5O2S. The molecular weight excluding hydrogens is 565 g/mol. The van der Waals surface area contributed by atoms with Crippen LogP contribution in [-0.2, 0) is 4.79 Å². The highest BCUT2D eigenvalue weighted by molar-refractivity contribution is 7.80. The van der Waals surface area contributed by atoms with Gasteiger partial charge in [-0.05, 0) is 74.1 Å². The number of thiocarbonyl (C=S) groups is 1. The first-order chi connectivity index (χ1) is 19.2. The third kappa shape index (κ3) is 5.03. The topological polar surface area (TPSA) is 71.4 Å². The number of hydrogen-bond donors (Lipinski definition) is 2. The SMILES string of the molecule is CCC(=O)Nc1ccc(N2C(=S)N[C@@H](c3ccccn3)[C@@H]2c2cc(C)n(-c3cccc(Cl)c3Cl)c2C)cc1OC. The van der Waals surface area contributed by atoms with E-state index in [1.165, 1.54) is 0 Å². The number of carbonyl (C=O) groups excluding carboxylic acids is 1. The van der Waals surface area contributed by atoms with Crippen LogP contribution in [0.3, 0.4) is 0 Å². The van der Waals surface area contributed by atoms with Crippen molar-refractivity contribution in [2.45, 2.75) is 39.3 Å². The number of hydrogen-bond acceptors (Lipinski definition) is 4. The Labute approximate surface area is 249 Å². The van der Waals surface area contributed by atoms with Crippen LogP contribution in [-0.4, -0.2) is 27.7 Å². The van der Waals surface area contributed by atoms with Crippen LogP contribution < -0.4 is 20.3 Å². The van der Waals surface area contributed by atoms with Gasteiger partial charge in [-0.15, -0.1) is 0 Å². The standard InChI is InChI=1S/C30H29Cl2N5O2S/c1-5-26(38)34-22-13-12-19(16-25(22)39-4)37-29(28(35-30(37)40)23-10-6-7-14-33-23)20-15-17(2)36(18(20)3)24-11-8-9-21(31)27(24)32/h6-16,28-29H,5H2,1-4H3,(H,34,38)(H,35,40)/t28-,29-/m0/s1. The average Bonchev–Trinajstić information content (AvgIpc) is 3.45. The van der Waals surface area contributed by atoms with E-state index >= 15 is 0 Å². The molecule has 10 heteroatoms. The highest BCUT2D eigenvalue weighted by Gasteiger charge is 2.42. The Kier molecular flexibility index (Phi) is 8.03. The van der Waals surface area contributed by atoms with E-state index in [4.69, 9.17) is 40.2 Å². The first-order valence-electron chi connectivity index (χ1n) is 12.9. The highest BCUT2D eigenvalue weighted by atomic mass is 35.5. The van der Waals surface area contributed by atoms with Gasteiger partial charge in [-0.1, -0.05) is 42.3 Å². The van der Waals surface area contributed by atoms with Gasteiger partial charge in [-0.2, -0.15) is 0 Å². The lowest BCUT2D eigenvalue weighted by Crippen LogP contribution is -2.29. The summed E-state index contributed by atoms with van der Waals surface area (Å²) < 4.78 is 7.77. The zero-order valence-corrected chi connectivity index (χ0v) is 24.9. The minimum absolute atomic E-state index is 0.0929. The maximum absolute atomic E-state index is 12.1. The number of ether oxygens (including phenoxy) is 1. The van der Waals surface area contributed by atoms with Crippen molar-refractivity contribution < 1.29 is 9.53 Å². The van der Waals surface area contributed by atoms with Crippen LogP contribution in [0.5, 0.6) is 5.75 Å². The summed E-state index contributed by atoms with van der Waals surface area (Å²) in [7, 11) is 1.58. The molecule has 0 radical (unpaired) electrons. The van der Waals surface area contributed by atoms with Crippen LogP contribution in [0.1, 0.15) is 48.1 Å². The van der Waals surface area contributed by atoms with Crippen LogP contribution in [0.2, 0.25) is 10.0 Å². The van der Waals surface area contributed by atoms with Crippen molar-refractivity contribution in [3.63, 3.8) is 0 Å². The number of anilines is 2. The van der Waals surface area contributed by atoms with Gasteiger partial charge < -0.3 is 24.8 Å². The van der Waals surface area contributed by atoms with Gasteiger partial charge in [0.1, 0.15) is 5.75 Å². The minimum Gasteiger partial charge on any atom is -0.494 e. The molecule has 7 nitrogen and oxygen atoms in total. The number of methoxy groups -OCH3 is 1. The molecule has 1 aliphatic rings. The van der Waals surface area contributed by atoms with Crippen molar-refractivity contribution in [1.29, 1.82) is 0 Å². The van der Waals surface area contributed by atoms with Crippen molar-refractivity contribution in [2.24, 2.45) is 0 Å². The quantitative estimate of drug-likeness (QED) is 0.219. The number of benzene rings is 2. The lowest BCUT2D eigenvalue weighted by molar-refractivity contribution is -0.115. The van der Waals surface area contributed by atoms with E-state index < -0.39 is 0 Å². The summed E-state index contributed by atoms with van der Waals surface area (Å²) in [4.78, 5) is 18.8. The maximum Gasteiger partial charge on any atom is 0.224 e. The predicted octanol–water partition coefficient (Wildman–Crippen LogP) is 7.33.